The lowest BCUT2D eigenvalue weighted by Gasteiger charge is -2.17. The van der Waals surface area contributed by atoms with Crippen molar-refractivity contribution in [3.05, 3.63) is 179 Å². The summed E-state index contributed by atoms with van der Waals surface area (Å²) < 4.78 is 171. The molecule has 0 spiro atoms. The lowest BCUT2D eigenvalue weighted by Crippen LogP contribution is -2.12. The summed E-state index contributed by atoms with van der Waals surface area (Å²) in [5, 5.41) is 10.3. The van der Waals surface area contributed by atoms with E-state index in [0.29, 0.717) is 35.4 Å². The van der Waals surface area contributed by atoms with E-state index in [4.69, 9.17) is 15.0 Å². The number of hydrogen-bond donors (Lipinski definition) is 0. The second kappa shape index (κ2) is 16.2. The molecule has 0 aliphatic carbocycles. The maximum atomic E-state index is 14.5. The molecule has 0 aliphatic heterocycles. The Morgan fingerprint density at radius 3 is 1.22 bits per heavy atom. The zero-order valence-corrected chi connectivity index (χ0v) is 33.7. The molecule has 2 heterocycles. The zero-order valence-electron chi connectivity index (χ0n) is 33.7. The van der Waals surface area contributed by atoms with Crippen molar-refractivity contribution in [1.29, 1.82) is 5.26 Å². The van der Waals surface area contributed by atoms with Crippen molar-refractivity contribution in [2.75, 3.05) is 0 Å². The Morgan fingerprint density at radius 2 is 0.821 bits per heavy atom. The largest absolute Gasteiger partial charge is 0.417 e. The lowest BCUT2D eigenvalue weighted by molar-refractivity contribution is -0.144. The fraction of sp³-hybridized carbons (Fsp3) is 0.0800. The molecule has 0 atom stereocenters. The first kappa shape index (κ1) is 44.2. The first-order valence-corrected chi connectivity index (χ1v) is 19.8. The molecule has 7 aromatic carbocycles. The van der Waals surface area contributed by atoms with E-state index in [1.807, 2.05) is 0 Å². The Kier molecular flexibility index (Phi) is 10.7. The summed E-state index contributed by atoms with van der Waals surface area (Å²) in [6.07, 6.45) is -20.8. The van der Waals surface area contributed by atoms with Gasteiger partial charge in [-0.1, -0.05) is 84.9 Å². The van der Waals surface area contributed by atoms with Crippen LogP contribution < -0.4 is 0 Å². The summed E-state index contributed by atoms with van der Waals surface area (Å²) in [6.45, 7) is 0. The van der Waals surface area contributed by atoms with Crippen LogP contribution in [0, 0.1) is 11.3 Å². The number of hydrogen-bond acceptors (Lipinski definition) is 4. The normalized spacial score (nSPS) is 12.5. The topological polar surface area (TPSA) is 67.4 Å². The summed E-state index contributed by atoms with van der Waals surface area (Å²) >= 11 is 0. The number of alkyl halides is 12. The van der Waals surface area contributed by atoms with Crippen molar-refractivity contribution in [3.63, 3.8) is 0 Å². The van der Waals surface area contributed by atoms with Gasteiger partial charge in [0.15, 0.2) is 17.5 Å². The standard InChI is InChI=1S/C50H25F12N5/c51-47(52,53)32-14-16-34(39(24-32)49(57,58)59)30-12-19-41-36(22-30)37-23-31(35-17-15-33(48(54,55)56)25-40(35)50(60,61)62)13-20-42(37)67(41)43-18-11-27(26-63)21-38(43)46-65-44(28-7-3-1-4-8-28)64-45(66-46)29-9-5-2-6-10-29/h1-25H. The number of benzene rings is 7. The van der Waals surface area contributed by atoms with Crippen molar-refractivity contribution >= 4 is 21.8 Å². The minimum absolute atomic E-state index is 0.0185. The Bertz CT molecular complexity index is 3230. The van der Waals surface area contributed by atoms with Gasteiger partial charge in [-0.05, 0) is 89.0 Å². The van der Waals surface area contributed by atoms with Gasteiger partial charge in [-0.15, -0.1) is 0 Å². The summed E-state index contributed by atoms with van der Waals surface area (Å²) in [7, 11) is 0. The molecule has 0 unspecified atom stereocenters. The molecule has 0 fully saturated rings. The second-order valence-electron chi connectivity index (χ2n) is 15.2. The third-order valence-electron chi connectivity index (χ3n) is 11.0. The fourth-order valence-electron chi connectivity index (χ4n) is 7.94. The SMILES string of the molecule is N#Cc1ccc(-n2c3ccc(-c4ccc(C(F)(F)F)cc4C(F)(F)F)cc3c3cc(-c4ccc(C(F)(F)F)cc4C(F)(F)F)ccc32)c(-c2nc(-c3ccccc3)nc(-c3ccccc3)n2)c1. The van der Waals surface area contributed by atoms with Gasteiger partial charge in [-0.25, -0.2) is 15.0 Å². The van der Waals surface area contributed by atoms with Gasteiger partial charge in [0, 0.05) is 27.5 Å². The maximum absolute atomic E-state index is 14.5. The van der Waals surface area contributed by atoms with Gasteiger partial charge >= 0.3 is 24.7 Å². The molecule has 0 amide bonds. The molecule has 17 heteroatoms. The average Bonchev–Trinajstić information content (AvgIpc) is 3.63. The minimum atomic E-state index is -5.28. The van der Waals surface area contributed by atoms with Gasteiger partial charge in [-0.2, -0.15) is 57.9 Å². The summed E-state index contributed by atoms with van der Waals surface area (Å²) in [4.78, 5) is 14.3. The molecule has 0 N–H and O–H groups in total. The summed E-state index contributed by atoms with van der Waals surface area (Å²) in [5.74, 6) is 0.536. The Labute approximate surface area is 370 Å². The molecule has 9 rings (SSSR count). The fourth-order valence-corrected chi connectivity index (χ4v) is 7.94. The van der Waals surface area contributed by atoms with E-state index in [1.165, 1.54) is 54.6 Å². The van der Waals surface area contributed by atoms with E-state index in [0.717, 1.165) is 0 Å². The number of nitriles is 1. The van der Waals surface area contributed by atoms with Gasteiger partial charge in [0.1, 0.15) is 0 Å². The highest BCUT2D eigenvalue weighted by molar-refractivity contribution is 6.12. The number of halogens is 12. The maximum Gasteiger partial charge on any atom is 0.417 e. The minimum Gasteiger partial charge on any atom is -0.308 e. The summed E-state index contributed by atoms with van der Waals surface area (Å²) in [6, 6.07) is 34.3. The zero-order chi connectivity index (χ0) is 47.6. The number of aromatic nitrogens is 4. The van der Waals surface area contributed by atoms with Crippen LogP contribution in [-0.2, 0) is 24.7 Å². The Hall–Kier alpha value is -8.00. The molecule has 2 aromatic heterocycles. The van der Waals surface area contributed by atoms with E-state index in [1.54, 1.807) is 65.2 Å². The predicted molar refractivity (Wildman–Crippen MR) is 226 cm³/mol. The van der Waals surface area contributed by atoms with Crippen LogP contribution in [0.1, 0.15) is 27.8 Å². The molecule has 0 saturated heterocycles. The van der Waals surface area contributed by atoms with Crippen LogP contribution in [0.2, 0.25) is 0 Å². The smallest absolute Gasteiger partial charge is 0.308 e. The molecule has 0 bridgehead atoms. The summed E-state index contributed by atoms with van der Waals surface area (Å²) in [5.41, 5.74) is -5.80. The monoisotopic (exact) mass is 923 g/mol. The van der Waals surface area contributed by atoms with Crippen LogP contribution in [-0.4, -0.2) is 19.5 Å². The van der Waals surface area contributed by atoms with Gasteiger partial charge in [0.2, 0.25) is 0 Å². The van der Waals surface area contributed by atoms with E-state index < -0.39 is 58.1 Å². The predicted octanol–water partition coefficient (Wildman–Crippen LogP) is 15.3. The Balaban J connectivity index is 1.35. The molecule has 0 radical (unpaired) electrons. The number of rotatable bonds is 6. The highest BCUT2D eigenvalue weighted by Crippen LogP contribution is 2.46. The lowest BCUT2D eigenvalue weighted by atomic mass is 9.94. The third-order valence-corrected chi connectivity index (χ3v) is 11.0. The van der Waals surface area contributed by atoms with E-state index in [-0.39, 0.29) is 79.4 Å². The quantitative estimate of drug-likeness (QED) is 0.156. The Morgan fingerprint density at radius 1 is 0.388 bits per heavy atom. The van der Waals surface area contributed by atoms with Gasteiger partial charge in [-0.3, -0.25) is 0 Å². The molecule has 334 valence electrons. The first-order chi connectivity index (χ1) is 31.7. The highest BCUT2D eigenvalue weighted by Gasteiger charge is 2.40. The third kappa shape index (κ3) is 8.42. The van der Waals surface area contributed by atoms with Crippen molar-refractivity contribution in [1.82, 2.24) is 19.5 Å². The van der Waals surface area contributed by atoms with Gasteiger partial charge in [0.05, 0.1) is 50.6 Å². The van der Waals surface area contributed by atoms with E-state index >= 15 is 0 Å². The van der Waals surface area contributed by atoms with Crippen molar-refractivity contribution < 1.29 is 52.7 Å². The number of fused-ring (bicyclic) bond motifs is 3. The van der Waals surface area contributed by atoms with E-state index in [2.05, 4.69) is 6.07 Å². The van der Waals surface area contributed by atoms with Gasteiger partial charge in [0.25, 0.3) is 0 Å². The highest BCUT2D eigenvalue weighted by atomic mass is 19.4. The molecule has 0 aliphatic rings. The van der Waals surface area contributed by atoms with Crippen molar-refractivity contribution in [2.45, 2.75) is 24.7 Å². The average molecular weight is 924 g/mol. The van der Waals surface area contributed by atoms with Crippen LogP contribution in [0.15, 0.2) is 152 Å². The van der Waals surface area contributed by atoms with Crippen LogP contribution in [0.4, 0.5) is 52.7 Å². The molecule has 67 heavy (non-hydrogen) atoms. The van der Waals surface area contributed by atoms with E-state index in [9.17, 15) is 57.9 Å². The van der Waals surface area contributed by atoms with Crippen molar-refractivity contribution in [3.8, 4) is 68.2 Å². The molecular formula is C50H25F12N5. The van der Waals surface area contributed by atoms with Crippen LogP contribution in [0.3, 0.4) is 0 Å². The molecular weight excluding hydrogens is 899 g/mol. The van der Waals surface area contributed by atoms with Crippen LogP contribution in [0.5, 0.6) is 0 Å². The van der Waals surface area contributed by atoms with Crippen LogP contribution in [0.25, 0.3) is 83.9 Å². The first-order valence-electron chi connectivity index (χ1n) is 19.8. The van der Waals surface area contributed by atoms with Gasteiger partial charge < -0.3 is 4.57 Å². The number of nitrogens with zero attached hydrogens (tertiary/aromatic N) is 5. The molecule has 5 nitrogen and oxygen atoms in total. The molecule has 0 saturated carbocycles. The van der Waals surface area contributed by atoms with Crippen LogP contribution >= 0.6 is 0 Å². The molecule has 9 aromatic rings. The second-order valence-corrected chi connectivity index (χ2v) is 15.2. The van der Waals surface area contributed by atoms with Crippen molar-refractivity contribution in [2.24, 2.45) is 0 Å².